The minimum Gasteiger partial charge on any atom is -0.785 e. The van der Waals surface area contributed by atoms with Gasteiger partial charge >= 0.3 is 6.18 Å². The molecule has 0 N–H and O–H groups in total. The molecule has 0 fully saturated rings. The molecule has 1 heterocycles. The van der Waals surface area contributed by atoms with Crippen LogP contribution in [0.15, 0.2) is 18.2 Å². The summed E-state index contributed by atoms with van der Waals surface area (Å²) in [5.41, 5.74) is 0.481. The minimum atomic E-state index is -4.33. The summed E-state index contributed by atoms with van der Waals surface area (Å²) >= 11 is 0. The van der Waals surface area contributed by atoms with E-state index < -0.39 is 11.7 Å². The minimum absolute atomic E-state index is 0.0548. The molecule has 1 aliphatic heterocycles. The van der Waals surface area contributed by atoms with Gasteiger partial charge in [-0.3, -0.25) is 0 Å². The summed E-state index contributed by atoms with van der Waals surface area (Å²) in [4.78, 5) is 0. The maximum Gasteiger partial charge on any atom is 0.416 e. The molecule has 5 heteroatoms. The number of hydrogen-bond acceptors (Lipinski definition) is 2. The van der Waals surface area contributed by atoms with Gasteiger partial charge in [-0.25, -0.2) is 0 Å². The van der Waals surface area contributed by atoms with Crippen molar-refractivity contribution >= 4 is 0 Å². The van der Waals surface area contributed by atoms with Gasteiger partial charge in [-0.2, -0.15) is 13.2 Å². The van der Waals surface area contributed by atoms with Crippen LogP contribution in [0.1, 0.15) is 16.7 Å². The normalized spacial score (nSPS) is 17.1. The lowest BCUT2D eigenvalue weighted by Crippen LogP contribution is -2.06. The van der Waals surface area contributed by atoms with E-state index in [-0.39, 0.29) is 13.1 Å². The predicted molar refractivity (Wildman–Crippen MR) is 44.1 cm³/mol. The van der Waals surface area contributed by atoms with Crippen LogP contribution < -0.4 is 0 Å². The molecule has 0 aromatic heterocycles. The highest BCUT2D eigenvalue weighted by Gasteiger charge is 2.31. The van der Waals surface area contributed by atoms with Gasteiger partial charge in [0.1, 0.15) is 0 Å². The van der Waals surface area contributed by atoms with E-state index in [1.54, 1.807) is 0 Å². The Hall–Kier alpha value is -1.07. The summed E-state index contributed by atoms with van der Waals surface area (Å²) in [7, 11) is 0. The third-order valence-corrected chi connectivity index (χ3v) is 2.23. The standard InChI is InChI=1S/C9H7F3NO/c10-9(11,12)8-2-1-6-4-13(14)5-7(6)3-8/h1-3H,4-5H2/q-1. The molecule has 1 aliphatic rings. The average molecular weight is 202 g/mol. The van der Waals surface area contributed by atoms with Crippen molar-refractivity contribution in [2.45, 2.75) is 19.3 Å². The van der Waals surface area contributed by atoms with Crippen molar-refractivity contribution in [1.29, 1.82) is 0 Å². The van der Waals surface area contributed by atoms with E-state index >= 15 is 0 Å². The summed E-state index contributed by atoms with van der Waals surface area (Å²) in [6.07, 6.45) is -4.33. The maximum absolute atomic E-state index is 12.3. The van der Waals surface area contributed by atoms with Crippen molar-refractivity contribution in [3.63, 3.8) is 0 Å². The average Bonchev–Trinajstić information content (AvgIpc) is 2.41. The molecule has 0 atom stereocenters. The second-order valence-electron chi connectivity index (χ2n) is 3.28. The predicted octanol–water partition coefficient (Wildman–Crippen LogP) is 2.52. The Morgan fingerprint density at radius 1 is 1.14 bits per heavy atom. The lowest BCUT2D eigenvalue weighted by atomic mass is 10.1. The van der Waals surface area contributed by atoms with Gasteiger partial charge in [0.15, 0.2) is 0 Å². The third-order valence-electron chi connectivity index (χ3n) is 2.23. The first-order valence-electron chi connectivity index (χ1n) is 4.08. The molecule has 2 nitrogen and oxygen atoms in total. The van der Waals surface area contributed by atoms with Crippen LogP contribution in [-0.2, 0) is 19.3 Å². The highest BCUT2D eigenvalue weighted by atomic mass is 19.4. The fourth-order valence-corrected chi connectivity index (χ4v) is 1.54. The molecule has 1 aromatic carbocycles. The van der Waals surface area contributed by atoms with Gasteiger partial charge in [-0.15, -0.1) is 0 Å². The van der Waals surface area contributed by atoms with Crippen molar-refractivity contribution in [3.05, 3.63) is 40.1 Å². The van der Waals surface area contributed by atoms with Crippen LogP contribution in [0, 0.1) is 5.21 Å². The first-order valence-corrected chi connectivity index (χ1v) is 4.08. The maximum atomic E-state index is 12.3. The van der Waals surface area contributed by atoms with E-state index in [0.717, 1.165) is 17.2 Å². The van der Waals surface area contributed by atoms with Crippen LogP contribution >= 0.6 is 0 Å². The highest BCUT2D eigenvalue weighted by Crippen LogP contribution is 2.32. The molecule has 0 bridgehead atoms. The second-order valence-corrected chi connectivity index (χ2v) is 3.28. The Bertz CT molecular complexity index is 362. The molecule has 0 spiro atoms. The van der Waals surface area contributed by atoms with Gasteiger partial charge in [-0.1, -0.05) is 6.07 Å². The third kappa shape index (κ3) is 1.60. The van der Waals surface area contributed by atoms with Crippen LogP contribution in [-0.4, -0.2) is 5.06 Å². The Labute approximate surface area is 78.5 Å². The van der Waals surface area contributed by atoms with E-state index in [1.165, 1.54) is 6.07 Å². The summed E-state index contributed by atoms with van der Waals surface area (Å²) in [5.74, 6) is 0. The highest BCUT2D eigenvalue weighted by molar-refractivity contribution is 5.35. The Balaban J connectivity index is 2.38. The second kappa shape index (κ2) is 2.96. The molecule has 0 unspecified atom stereocenters. The van der Waals surface area contributed by atoms with Crippen LogP contribution in [0.4, 0.5) is 13.2 Å². The van der Waals surface area contributed by atoms with E-state index in [1.807, 2.05) is 0 Å². The quantitative estimate of drug-likeness (QED) is 0.646. The van der Waals surface area contributed by atoms with E-state index in [2.05, 4.69) is 0 Å². The Morgan fingerprint density at radius 3 is 2.43 bits per heavy atom. The number of hydrogen-bond donors (Lipinski definition) is 0. The van der Waals surface area contributed by atoms with Crippen LogP contribution in [0.2, 0.25) is 0 Å². The summed E-state index contributed by atoms with van der Waals surface area (Å²) < 4.78 is 36.8. The first-order chi connectivity index (χ1) is 6.47. The molecular formula is C9H7F3NO-. The molecule has 76 valence electrons. The molecule has 0 amide bonds. The topological polar surface area (TPSA) is 26.3 Å². The fourth-order valence-electron chi connectivity index (χ4n) is 1.54. The number of rotatable bonds is 0. The zero-order valence-electron chi connectivity index (χ0n) is 7.14. The number of halogens is 3. The number of fused-ring (bicyclic) bond motifs is 1. The molecule has 2 rings (SSSR count). The lowest BCUT2D eigenvalue weighted by Gasteiger charge is -2.19. The summed E-state index contributed by atoms with van der Waals surface area (Å²) in [5, 5.41) is 11.6. The van der Waals surface area contributed by atoms with Gasteiger partial charge < -0.3 is 10.3 Å². The van der Waals surface area contributed by atoms with E-state index in [4.69, 9.17) is 0 Å². The van der Waals surface area contributed by atoms with Gasteiger partial charge in [-0.05, 0) is 23.3 Å². The summed E-state index contributed by atoms with van der Waals surface area (Å²) in [6, 6.07) is 3.43. The molecule has 1 aromatic rings. The van der Waals surface area contributed by atoms with Crippen molar-refractivity contribution in [3.8, 4) is 0 Å². The van der Waals surface area contributed by atoms with Crippen LogP contribution in [0.25, 0.3) is 0 Å². The lowest BCUT2D eigenvalue weighted by molar-refractivity contribution is -0.137. The van der Waals surface area contributed by atoms with Crippen molar-refractivity contribution < 1.29 is 13.2 Å². The van der Waals surface area contributed by atoms with E-state index in [0.29, 0.717) is 11.1 Å². The van der Waals surface area contributed by atoms with Gasteiger partial charge in [0.25, 0.3) is 0 Å². The molecule has 0 aliphatic carbocycles. The smallest absolute Gasteiger partial charge is 0.416 e. The Morgan fingerprint density at radius 2 is 1.79 bits per heavy atom. The SMILES string of the molecule is [O-]N1Cc2ccc(C(F)(F)F)cc2C1. The number of benzene rings is 1. The fraction of sp³-hybridized carbons (Fsp3) is 0.333. The molecule has 0 saturated carbocycles. The molecular weight excluding hydrogens is 195 g/mol. The monoisotopic (exact) mass is 202 g/mol. The number of alkyl halides is 3. The van der Waals surface area contributed by atoms with E-state index in [9.17, 15) is 18.4 Å². The van der Waals surface area contributed by atoms with Gasteiger partial charge in [0.05, 0.1) is 5.56 Å². The zero-order valence-corrected chi connectivity index (χ0v) is 7.14. The largest absolute Gasteiger partial charge is 0.785 e. The molecule has 14 heavy (non-hydrogen) atoms. The van der Waals surface area contributed by atoms with Gasteiger partial charge in [0.2, 0.25) is 0 Å². The van der Waals surface area contributed by atoms with Crippen molar-refractivity contribution in [2.75, 3.05) is 0 Å². The Kier molecular flexibility index (Phi) is 2.01. The molecule has 0 radical (unpaired) electrons. The van der Waals surface area contributed by atoms with Gasteiger partial charge in [0, 0.05) is 13.1 Å². The summed E-state index contributed by atoms with van der Waals surface area (Å²) in [6.45, 7) is 0.243. The van der Waals surface area contributed by atoms with Crippen LogP contribution in [0.5, 0.6) is 0 Å². The zero-order chi connectivity index (χ0) is 10.3. The molecule has 0 saturated heterocycles. The van der Waals surface area contributed by atoms with Crippen LogP contribution in [0.3, 0.4) is 0 Å². The number of hydroxylamine groups is 2. The first kappa shape index (κ1) is 9.48. The van der Waals surface area contributed by atoms with Crippen molar-refractivity contribution in [1.82, 2.24) is 5.06 Å². The van der Waals surface area contributed by atoms with Crippen molar-refractivity contribution in [2.24, 2.45) is 0 Å². The number of nitrogens with zero attached hydrogens (tertiary/aromatic N) is 1.